The molecule has 2 N–H and O–H groups in total. The fourth-order valence-electron chi connectivity index (χ4n) is 3.06. The summed E-state index contributed by atoms with van der Waals surface area (Å²) in [5, 5.41) is 15.4. The molecule has 0 saturated carbocycles. The molecule has 1 unspecified atom stereocenters. The summed E-state index contributed by atoms with van der Waals surface area (Å²) < 4.78 is 7.20. The number of guanidine groups is 1. The second-order valence-electron chi connectivity index (χ2n) is 6.97. The Balaban J connectivity index is 0.00000300. The molecule has 7 nitrogen and oxygen atoms in total. The number of aryl methyl sites for hydroxylation is 1. The lowest BCUT2D eigenvalue weighted by molar-refractivity contribution is 0.414. The van der Waals surface area contributed by atoms with Crippen LogP contribution in [0.25, 0.3) is 0 Å². The third kappa shape index (κ3) is 7.36. The van der Waals surface area contributed by atoms with Crippen LogP contribution in [-0.2, 0) is 20.0 Å². The first kappa shape index (κ1) is 23.8. The minimum absolute atomic E-state index is 0. The van der Waals surface area contributed by atoms with Crippen molar-refractivity contribution in [2.24, 2.45) is 12.0 Å². The van der Waals surface area contributed by atoms with E-state index in [9.17, 15) is 0 Å². The first-order valence-electron chi connectivity index (χ1n) is 9.76. The molecule has 3 rings (SSSR count). The lowest BCUT2D eigenvalue weighted by atomic mass is 10.1. The van der Waals surface area contributed by atoms with E-state index in [1.165, 1.54) is 24.2 Å². The fourth-order valence-corrected chi connectivity index (χ4v) is 4.13. The molecule has 1 aliphatic rings. The molecule has 1 aromatic carbocycles. The molecule has 1 aliphatic heterocycles. The quantitative estimate of drug-likeness (QED) is 0.326. The SMILES string of the molecule is COc1ccc(CCNC(=NCc2nnc(C)n2C)NC2CCCSC2)cc1.I. The zero-order chi connectivity index (χ0) is 19.8. The summed E-state index contributed by atoms with van der Waals surface area (Å²) in [6.45, 7) is 3.27. The van der Waals surface area contributed by atoms with Crippen molar-refractivity contribution in [3.63, 3.8) is 0 Å². The largest absolute Gasteiger partial charge is 0.497 e. The first-order chi connectivity index (χ1) is 13.7. The molecule has 160 valence electrons. The Morgan fingerprint density at radius 1 is 1.31 bits per heavy atom. The zero-order valence-corrected chi connectivity index (χ0v) is 20.5. The molecule has 29 heavy (non-hydrogen) atoms. The van der Waals surface area contributed by atoms with E-state index < -0.39 is 0 Å². The lowest BCUT2D eigenvalue weighted by Gasteiger charge is -2.24. The Bertz CT molecular complexity index is 774. The smallest absolute Gasteiger partial charge is 0.191 e. The van der Waals surface area contributed by atoms with Crippen LogP contribution in [0.15, 0.2) is 29.3 Å². The second kappa shape index (κ2) is 12.3. The molecule has 1 aromatic heterocycles. The lowest BCUT2D eigenvalue weighted by Crippen LogP contribution is -2.46. The van der Waals surface area contributed by atoms with Gasteiger partial charge in [-0.25, -0.2) is 4.99 Å². The number of halogens is 1. The summed E-state index contributed by atoms with van der Waals surface area (Å²) in [5.74, 6) is 5.88. The topological polar surface area (TPSA) is 76.4 Å². The minimum Gasteiger partial charge on any atom is -0.497 e. The summed E-state index contributed by atoms with van der Waals surface area (Å²) in [5.41, 5.74) is 1.27. The van der Waals surface area contributed by atoms with E-state index in [-0.39, 0.29) is 24.0 Å². The van der Waals surface area contributed by atoms with Gasteiger partial charge in [-0.15, -0.1) is 34.2 Å². The van der Waals surface area contributed by atoms with Gasteiger partial charge >= 0.3 is 0 Å². The van der Waals surface area contributed by atoms with Gasteiger partial charge < -0.3 is 19.9 Å². The van der Waals surface area contributed by atoms with E-state index in [0.717, 1.165) is 42.1 Å². The molecule has 0 amide bonds. The number of rotatable bonds is 7. The van der Waals surface area contributed by atoms with Gasteiger partial charge in [0.25, 0.3) is 0 Å². The molecule has 2 aromatic rings. The highest BCUT2D eigenvalue weighted by Crippen LogP contribution is 2.17. The monoisotopic (exact) mass is 530 g/mol. The highest BCUT2D eigenvalue weighted by molar-refractivity contribution is 14.0. The maximum Gasteiger partial charge on any atom is 0.191 e. The van der Waals surface area contributed by atoms with Crippen molar-refractivity contribution in [1.82, 2.24) is 25.4 Å². The number of thioether (sulfide) groups is 1. The van der Waals surface area contributed by atoms with Crippen molar-refractivity contribution in [1.29, 1.82) is 0 Å². The molecule has 1 fully saturated rings. The normalized spacial score (nSPS) is 16.8. The molecule has 0 bridgehead atoms. The average Bonchev–Trinajstić information content (AvgIpc) is 3.05. The second-order valence-corrected chi connectivity index (χ2v) is 8.12. The van der Waals surface area contributed by atoms with Gasteiger partial charge in [0.1, 0.15) is 18.1 Å². The van der Waals surface area contributed by atoms with Gasteiger partial charge in [0.05, 0.1) is 7.11 Å². The molecule has 0 spiro atoms. The van der Waals surface area contributed by atoms with Crippen LogP contribution in [0.5, 0.6) is 5.75 Å². The number of benzene rings is 1. The molecule has 1 saturated heterocycles. The van der Waals surface area contributed by atoms with Crippen molar-refractivity contribution >= 4 is 41.7 Å². The fraction of sp³-hybridized carbons (Fsp3) is 0.550. The molecule has 2 heterocycles. The predicted molar refractivity (Wildman–Crippen MR) is 130 cm³/mol. The number of nitrogens with one attached hydrogen (secondary N) is 2. The Hall–Kier alpha value is -1.49. The number of aromatic nitrogens is 3. The molecule has 0 radical (unpaired) electrons. The van der Waals surface area contributed by atoms with Crippen LogP contribution in [0, 0.1) is 6.92 Å². The highest BCUT2D eigenvalue weighted by atomic mass is 127. The third-order valence-electron chi connectivity index (χ3n) is 4.93. The van der Waals surface area contributed by atoms with Gasteiger partial charge in [-0.1, -0.05) is 12.1 Å². The van der Waals surface area contributed by atoms with Gasteiger partial charge in [0.2, 0.25) is 0 Å². The van der Waals surface area contributed by atoms with Crippen molar-refractivity contribution < 1.29 is 4.74 Å². The van der Waals surface area contributed by atoms with Gasteiger partial charge in [-0.3, -0.25) is 0 Å². The summed E-state index contributed by atoms with van der Waals surface area (Å²) >= 11 is 2.01. The number of hydrogen-bond donors (Lipinski definition) is 2. The Labute approximate surface area is 194 Å². The Kier molecular flexibility index (Phi) is 10.1. The maximum absolute atomic E-state index is 5.22. The Morgan fingerprint density at radius 2 is 2.10 bits per heavy atom. The summed E-state index contributed by atoms with van der Waals surface area (Å²) in [7, 11) is 3.66. The number of hydrogen-bond acceptors (Lipinski definition) is 5. The van der Waals surface area contributed by atoms with Gasteiger partial charge in [0.15, 0.2) is 11.8 Å². The molecular weight excluding hydrogens is 499 g/mol. The summed E-state index contributed by atoms with van der Waals surface area (Å²) in [6.07, 6.45) is 3.37. The van der Waals surface area contributed by atoms with E-state index in [2.05, 4.69) is 33.0 Å². The van der Waals surface area contributed by atoms with E-state index in [4.69, 9.17) is 9.73 Å². The van der Waals surface area contributed by atoms with Crippen LogP contribution < -0.4 is 15.4 Å². The van der Waals surface area contributed by atoms with Crippen LogP contribution in [0.1, 0.15) is 30.1 Å². The Morgan fingerprint density at radius 3 is 2.72 bits per heavy atom. The van der Waals surface area contributed by atoms with Crippen molar-refractivity contribution in [2.75, 3.05) is 25.2 Å². The highest BCUT2D eigenvalue weighted by Gasteiger charge is 2.15. The van der Waals surface area contributed by atoms with Gasteiger partial charge in [-0.05, 0) is 49.6 Å². The number of methoxy groups -OCH3 is 1. The molecule has 1 atom stereocenters. The van der Waals surface area contributed by atoms with Crippen LogP contribution in [0.4, 0.5) is 0 Å². The van der Waals surface area contributed by atoms with Crippen molar-refractivity contribution in [3.05, 3.63) is 41.5 Å². The zero-order valence-electron chi connectivity index (χ0n) is 17.4. The summed E-state index contributed by atoms with van der Waals surface area (Å²) in [4.78, 5) is 4.76. The van der Waals surface area contributed by atoms with Gasteiger partial charge in [-0.2, -0.15) is 11.8 Å². The number of aliphatic imine (C=N–C) groups is 1. The third-order valence-corrected chi connectivity index (χ3v) is 6.14. The average molecular weight is 530 g/mol. The van der Waals surface area contributed by atoms with Gasteiger partial charge in [0, 0.05) is 25.4 Å². The molecule has 9 heteroatoms. The van der Waals surface area contributed by atoms with E-state index in [0.29, 0.717) is 12.6 Å². The first-order valence-corrected chi connectivity index (χ1v) is 10.9. The maximum atomic E-state index is 5.22. The minimum atomic E-state index is 0. The van der Waals surface area contributed by atoms with Crippen LogP contribution in [0.2, 0.25) is 0 Å². The van der Waals surface area contributed by atoms with Crippen LogP contribution in [-0.4, -0.2) is 51.9 Å². The number of ether oxygens (including phenoxy) is 1. The molecular formula is C20H31IN6OS. The standard InChI is InChI=1S/C20H30N6OS.HI/c1-15-24-25-19(26(15)2)13-22-20(23-17-5-4-12-28-14-17)21-11-10-16-6-8-18(27-3)9-7-16;/h6-9,17H,4-5,10-14H2,1-3H3,(H2,21,22,23);1H. The summed E-state index contributed by atoms with van der Waals surface area (Å²) in [6, 6.07) is 8.67. The molecule has 0 aliphatic carbocycles. The predicted octanol–water partition coefficient (Wildman–Crippen LogP) is 2.92. The van der Waals surface area contributed by atoms with E-state index in [1.54, 1.807) is 7.11 Å². The van der Waals surface area contributed by atoms with Crippen LogP contribution >= 0.6 is 35.7 Å². The number of nitrogens with zero attached hydrogens (tertiary/aromatic N) is 4. The van der Waals surface area contributed by atoms with Crippen LogP contribution in [0.3, 0.4) is 0 Å². The van der Waals surface area contributed by atoms with E-state index in [1.807, 2.05) is 42.4 Å². The van der Waals surface area contributed by atoms with E-state index >= 15 is 0 Å². The van der Waals surface area contributed by atoms with Crippen molar-refractivity contribution in [3.8, 4) is 5.75 Å². The van der Waals surface area contributed by atoms with Crippen molar-refractivity contribution in [2.45, 2.75) is 38.8 Å².